The van der Waals surface area contributed by atoms with E-state index in [4.69, 9.17) is 9.73 Å². The Morgan fingerprint density at radius 1 is 1.13 bits per heavy atom. The number of amidine groups is 1. The first-order chi connectivity index (χ1) is 22.7. The number of aliphatic imine (C=N–C) groups is 1. The second kappa shape index (κ2) is 11.4. The van der Waals surface area contributed by atoms with Crippen LogP contribution < -0.4 is 5.32 Å². The van der Waals surface area contributed by atoms with Gasteiger partial charge in [0.1, 0.15) is 11.9 Å². The van der Waals surface area contributed by atoms with Crippen LogP contribution in [0.5, 0.6) is 0 Å². The fourth-order valence-corrected chi connectivity index (χ4v) is 9.39. The Labute approximate surface area is 277 Å². The van der Waals surface area contributed by atoms with Crippen LogP contribution in [0.4, 0.5) is 9.18 Å². The Bertz CT molecular complexity index is 1670. The van der Waals surface area contributed by atoms with E-state index in [2.05, 4.69) is 20.1 Å². The topological polar surface area (TPSA) is 111 Å². The van der Waals surface area contributed by atoms with E-state index in [1.165, 1.54) is 17.4 Å². The minimum atomic E-state index is -0.774. The fourth-order valence-electron chi connectivity index (χ4n) is 8.80. The van der Waals surface area contributed by atoms with Crippen molar-refractivity contribution in [3.8, 4) is 0 Å². The number of benzene rings is 1. The molecular formula is C34H40FN7O4S. The number of esters is 1. The molecule has 2 aromatic rings. The molecule has 0 radical (unpaired) electrons. The number of halogens is 1. The SMILES string of the molecule is CCOC(=O)C1=C(CN2CCN3C(=O)N(C45CC(C(=O)N6CCCC6)(C4)C5)C[C@@H]3C2)NC(c2nccs2)=N[C@H]1c1cccc(F)c1C. The molecule has 9 rings (SSSR count). The lowest BCUT2D eigenvalue weighted by Gasteiger charge is -2.72. The molecule has 13 heteroatoms. The molecule has 3 saturated carbocycles. The number of carbonyl (C=O) groups excluding carboxylic acids is 3. The maximum atomic E-state index is 14.8. The van der Waals surface area contributed by atoms with Crippen LogP contribution in [0.3, 0.4) is 0 Å². The standard InChI is InChI=1S/C34H40FN7O4S/c1-3-46-30(43)26-25(37-28(29-36-9-14-47-29)38-27(26)23-7-6-8-24(35)21(23)2)17-39-12-13-41-22(15-39)16-42(32(41)45)34-18-33(19-34,20-34)31(44)40-10-4-5-11-40/h6-9,14,22,27H,3-5,10-13,15-20H2,1-2H3,(H,37,38)/t22-,27-,33?,34?/m0/s1. The van der Waals surface area contributed by atoms with Gasteiger partial charge < -0.3 is 24.8 Å². The summed E-state index contributed by atoms with van der Waals surface area (Å²) < 4.78 is 20.4. The molecule has 47 heavy (non-hydrogen) atoms. The molecule has 2 bridgehead atoms. The summed E-state index contributed by atoms with van der Waals surface area (Å²) in [6, 6.07) is 4.17. The quantitative estimate of drug-likeness (QED) is 0.432. The van der Waals surface area contributed by atoms with Gasteiger partial charge in [-0.3, -0.25) is 14.7 Å². The number of carbonyl (C=O) groups is 3. The minimum absolute atomic E-state index is 0.0131. The van der Waals surface area contributed by atoms with Gasteiger partial charge in [0, 0.05) is 68.6 Å². The second-order valence-corrected chi connectivity index (χ2v) is 14.8. The van der Waals surface area contributed by atoms with Crippen LogP contribution in [0.2, 0.25) is 0 Å². The predicted octanol–water partition coefficient (Wildman–Crippen LogP) is 3.47. The van der Waals surface area contributed by atoms with Gasteiger partial charge in [-0.05, 0) is 63.1 Å². The number of rotatable bonds is 8. The normalized spacial score (nSPS) is 30.1. The third-order valence-electron chi connectivity index (χ3n) is 11.1. The summed E-state index contributed by atoms with van der Waals surface area (Å²) in [4.78, 5) is 58.2. The minimum Gasteiger partial charge on any atom is -0.463 e. The van der Waals surface area contributed by atoms with Crippen LogP contribution in [0.15, 0.2) is 46.0 Å². The second-order valence-electron chi connectivity index (χ2n) is 13.9. The van der Waals surface area contributed by atoms with E-state index in [0.29, 0.717) is 71.9 Å². The average Bonchev–Trinajstić information content (AvgIpc) is 3.80. The number of aromatic nitrogens is 1. The molecule has 1 aromatic heterocycles. The van der Waals surface area contributed by atoms with Crippen molar-refractivity contribution in [1.29, 1.82) is 0 Å². The van der Waals surface area contributed by atoms with Gasteiger partial charge in [0.15, 0.2) is 10.8 Å². The molecule has 3 amide bonds. The number of fused-ring (bicyclic) bond motifs is 1. The first-order valence-electron chi connectivity index (χ1n) is 16.7. The number of piperazine rings is 1. The summed E-state index contributed by atoms with van der Waals surface area (Å²) in [6.45, 7) is 8.29. The highest BCUT2D eigenvalue weighted by molar-refractivity contribution is 7.11. The van der Waals surface area contributed by atoms with Crippen LogP contribution in [0.25, 0.3) is 0 Å². The van der Waals surface area contributed by atoms with Crippen molar-refractivity contribution in [3.05, 3.63) is 63.0 Å². The summed E-state index contributed by atoms with van der Waals surface area (Å²) >= 11 is 1.43. The molecule has 1 N–H and O–H groups in total. The van der Waals surface area contributed by atoms with Crippen molar-refractivity contribution < 1.29 is 23.5 Å². The number of nitrogens with one attached hydrogen (secondary N) is 1. The van der Waals surface area contributed by atoms with Gasteiger partial charge in [-0.25, -0.2) is 19.0 Å². The molecule has 4 aliphatic heterocycles. The van der Waals surface area contributed by atoms with Gasteiger partial charge in [0.05, 0.1) is 23.6 Å². The molecule has 7 aliphatic rings. The summed E-state index contributed by atoms with van der Waals surface area (Å²) in [5, 5.41) is 5.94. The van der Waals surface area contributed by atoms with Crippen LogP contribution in [-0.4, -0.2) is 112 Å². The van der Waals surface area contributed by atoms with Gasteiger partial charge >= 0.3 is 12.0 Å². The zero-order valence-electron chi connectivity index (χ0n) is 26.8. The molecule has 0 unspecified atom stereocenters. The smallest absolute Gasteiger partial charge is 0.338 e. The lowest BCUT2D eigenvalue weighted by Crippen LogP contribution is -2.78. The number of likely N-dealkylation sites (tertiary alicyclic amines) is 1. The van der Waals surface area contributed by atoms with E-state index in [1.807, 2.05) is 15.2 Å². The van der Waals surface area contributed by atoms with Crippen molar-refractivity contribution in [2.75, 3.05) is 52.4 Å². The molecule has 1 aromatic carbocycles. The fraction of sp³-hybridized carbons (Fsp3) is 0.559. The Morgan fingerprint density at radius 2 is 1.91 bits per heavy atom. The molecule has 11 nitrogen and oxygen atoms in total. The molecular weight excluding hydrogens is 621 g/mol. The zero-order valence-corrected chi connectivity index (χ0v) is 27.7. The number of hydrogen-bond donors (Lipinski definition) is 1. The molecule has 2 atom stereocenters. The highest BCUT2D eigenvalue weighted by Crippen LogP contribution is 2.71. The maximum Gasteiger partial charge on any atom is 0.338 e. The van der Waals surface area contributed by atoms with Crippen LogP contribution in [-0.2, 0) is 14.3 Å². The zero-order chi connectivity index (χ0) is 32.5. The molecule has 5 heterocycles. The van der Waals surface area contributed by atoms with Crippen molar-refractivity contribution >= 4 is 35.1 Å². The van der Waals surface area contributed by atoms with Crippen molar-refractivity contribution in [2.24, 2.45) is 10.4 Å². The number of ether oxygens (including phenoxy) is 1. The van der Waals surface area contributed by atoms with E-state index < -0.39 is 12.0 Å². The first-order valence-corrected chi connectivity index (χ1v) is 17.6. The van der Waals surface area contributed by atoms with Gasteiger partial charge in [-0.2, -0.15) is 0 Å². The molecule has 248 valence electrons. The molecule has 3 saturated heterocycles. The van der Waals surface area contributed by atoms with E-state index in [9.17, 15) is 18.8 Å². The van der Waals surface area contributed by atoms with Crippen molar-refractivity contribution in [2.45, 2.75) is 63.6 Å². The van der Waals surface area contributed by atoms with Gasteiger partial charge in [-0.1, -0.05) is 12.1 Å². The maximum absolute atomic E-state index is 14.8. The largest absolute Gasteiger partial charge is 0.463 e. The third kappa shape index (κ3) is 4.87. The lowest BCUT2D eigenvalue weighted by atomic mass is 9.38. The average molecular weight is 662 g/mol. The number of urea groups is 1. The number of nitrogens with zero attached hydrogens (tertiary/aromatic N) is 6. The van der Waals surface area contributed by atoms with E-state index >= 15 is 0 Å². The van der Waals surface area contributed by atoms with Gasteiger partial charge in [0.25, 0.3) is 0 Å². The van der Waals surface area contributed by atoms with Crippen molar-refractivity contribution in [1.82, 2.24) is 29.9 Å². The van der Waals surface area contributed by atoms with Crippen LogP contribution >= 0.6 is 11.3 Å². The third-order valence-corrected chi connectivity index (χ3v) is 11.9. The number of amides is 3. The Balaban J connectivity index is 1.03. The summed E-state index contributed by atoms with van der Waals surface area (Å²) in [5.74, 6) is -0.0324. The van der Waals surface area contributed by atoms with Crippen LogP contribution in [0.1, 0.15) is 61.2 Å². The summed E-state index contributed by atoms with van der Waals surface area (Å²) in [7, 11) is 0. The predicted molar refractivity (Wildman–Crippen MR) is 173 cm³/mol. The number of hydrogen-bond acceptors (Lipinski definition) is 9. The molecule has 6 fully saturated rings. The van der Waals surface area contributed by atoms with Crippen LogP contribution in [0, 0.1) is 18.2 Å². The number of thiazole rings is 1. The summed E-state index contributed by atoms with van der Waals surface area (Å²) in [5.41, 5.74) is 1.59. The Hall–Kier alpha value is -3.84. The Kier molecular flexibility index (Phi) is 7.39. The molecule has 0 spiro atoms. The Morgan fingerprint density at radius 3 is 2.64 bits per heavy atom. The van der Waals surface area contributed by atoms with E-state index in [1.54, 1.807) is 32.2 Å². The highest BCUT2D eigenvalue weighted by atomic mass is 32.1. The van der Waals surface area contributed by atoms with Gasteiger partial charge in [0.2, 0.25) is 5.91 Å². The monoisotopic (exact) mass is 661 g/mol. The molecule has 3 aliphatic carbocycles. The van der Waals surface area contributed by atoms with E-state index in [0.717, 1.165) is 45.2 Å². The van der Waals surface area contributed by atoms with Gasteiger partial charge in [-0.15, -0.1) is 11.3 Å². The van der Waals surface area contributed by atoms with E-state index in [-0.39, 0.29) is 35.5 Å². The van der Waals surface area contributed by atoms with Crippen molar-refractivity contribution in [3.63, 3.8) is 0 Å². The first kappa shape index (κ1) is 30.5. The summed E-state index contributed by atoms with van der Waals surface area (Å²) in [6.07, 6.45) is 6.22. The lowest BCUT2D eigenvalue weighted by molar-refractivity contribution is -0.212. The highest BCUT2D eigenvalue weighted by Gasteiger charge is 2.76.